The number of ether oxygens (including phenoxy) is 1. The molecule has 0 aromatic carbocycles. The molecule has 0 aliphatic carbocycles. The SMILES string of the molecule is CCCn1cncc1CN1CCC(OC)CC1CN. The van der Waals surface area contributed by atoms with Crippen molar-refractivity contribution < 1.29 is 4.74 Å². The van der Waals surface area contributed by atoms with Gasteiger partial charge in [-0.2, -0.15) is 0 Å². The Labute approximate surface area is 115 Å². The molecule has 108 valence electrons. The number of nitrogens with zero attached hydrogens (tertiary/aromatic N) is 3. The minimum atomic E-state index is 0.366. The summed E-state index contributed by atoms with van der Waals surface area (Å²) >= 11 is 0. The van der Waals surface area contributed by atoms with Gasteiger partial charge < -0.3 is 15.0 Å². The molecular weight excluding hydrogens is 240 g/mol. The molecule has 5 nitrogen and oxygen atoms in total. The maximum Gasteiger partial charge on any atom is 0.0948 e. The van der Waals surface area contributed by atoms with Gasteiger partial charge in [-0.3, -0.25) is 4.90 Å². The third-order valence-corrected chi connectivity index (χ3v) is 4.02. The molecule has 0 spiro atoms. The molecule has 1 aliphatic heterocycles. The van der Waals surface area contributed by atoms with Crippen molar-refractivity contribution in [2.75, 3.05) is 20.2 Å². The van der Waals surface area contributed by atoms with E-state index in [1.165, 1.54) is 5.69 Å². The highest BCUT2D eigenvalue weighted by molar-refractivity contribution is 5.00. The molecule has 0 radical (unpaired) electrons. The van der Waals surface area contributed by atoms with Crippen LogP contribution in [0.3, 0.4) is 0 Å². The quantitative estimate of drug-likeness (QED) is 0.841. The van der Waals surface area contributed by atoms with Crippen molar-refractivity contribution in [1.29, 1.82) is 0 Å². The molecule has 2 atom stereocenters. The number of hydrogen-bond acceptors (Lipinski definition) is 4. The van der Waals surface area contributed by atoms with E-state index >= 15 is 0 Å². The Morgan fingerprint density at radius 2 is 2.37 bits per heavy atom. The Balaban J connectivity index is 1.99. The summed E-state index contributed by atoms with van der Waals surface area (Å²) < 4.78 is 7.72. The van der Waals surface area contributed by atoms with Gasteiger partial charge in [0.1, 0.15) is 0 Å². The molecule has 0 saturated carbocycles. The highest BCUT2D eigenvalue weighted by atomic mass is 16.5. The summed E-state index contributed by atoms with van der Waals surface area (Å²) in [6.45, 7) is 5.92. The van der Waals surface area contributed by atoms with Gasteiger partial charge in [-0.25, -0.2) is 4.98 Å². The molecule has 1 aliphatic rings. The lowest BCUT2D eigenvalue weighted by Gasteiger charge is -2.38. The summed E-state index contributed by atoms with van der Waals surface area (Å²) in [5.41, 5.74) is 7.20. The third kappa shape index (κ3) is 3.55. The van der Waals surface area contributed by atoms with Crippen LogP contribution < -0.4 is 5.73 Å². The highest BCUT2D eigenvalue weighted by Gasteiger charge is 2.27. The second-order valence-electron chi connectivity index (χ2n) is 5.32. The zero-order valence-electron chi connectivity index (χ0n) is 12.1. The van der Waals surface area contributed by atoms with Crippen LogP contribution in [0.2, 0.25) is 0 Å². The summed E-state index contributed by atoms with van der Waals surface area (Å²) in [6.07, 6.45) is 7.54. The summed E-state index contributed by atoms with van der Waals surface area (Å²) in [6, 6.07) is 0.420. The van der Waals surface area contributed by atoms with Gasteiger partial charge in [0.15, 0.2) is 0 Å². The average molecular weight is 266 g/mol. The second kappa shape index (κ2) is 7.03. The minimum Gasteiger partial charge on any atom is -0.381 e. The summed E-state index contributed by atoms with van der Waals surface area (Å²) in [7, 11) is 1.80. The first-order valence-corrected chi connectivity index (χ1v) is 7.24. The van der Waals surface area contributed by atoms with E-state index in [1.54, 1.807) is 7.11 Å². The maximum atomic E-state index is 5.92. The van der Waals surface area contributed by atoms with Crippen molar-refractivity contribution in [2.45, 2.75) is 51.4 Å². The highest BCUT2D eigenvalue weighted by Crippen LogP contribution is 2.21. The zero-order chi connectivity index (χ0) is 13.7. The number of likely N-dealkylation sites (tertiary alicyclic amines) is 1. The van der Waals surface area contributed by atoms with E-state index in [0.29, 0.717) is 18.7 Å². The van der Waals surface area contributed by atoms with Gasteiger partial charge in [0, 0.05) is 45.5 Å². The molecule has 0 bridgehead atoms. The minimum absolute atomic E-state index is 0.366. The third-order valence-electron chi connectivity index (χ3n) is 4.02. The number of nitrogens with two attached hydrogens (primary N) is 1. The number of rotatable bonds is 6. The first kappa shape index (κ1) is 14.5. The van der Waals surface area contributed by atoms with Crippen LogP contribution in [-0.2, 0) is 17.8 Å². The first-order valence-electron chi connectivity index (χ1n) is 7.24. The fraction of sp³-hybridized carbons (Fsp3) is 0.786. The molecule has 2 heterocycles. The summed E-state index contributed by atoms with van der Waals surface area (Å²) in [5.74, 6) is 0. The molecule has 1 saturated heterocycles. The largest absolute Gasteiger partial charge is 0.381 e. The standard InChI is InChI=1S/C14H26N4O/c1-3-5-18-11-16-9-13(18)10-17-6-4-14(19-2)7-12(17)8-15/h9,11-12,14H,3-8,10,15H2,1-2H3. The van der Waals surface area contributed by atoms with Crippen molar-refractivity contribution in [3.8, 4) is 0 Å². The van der Waals surface area contributed by atoms with E-state index in [9.17, 15) is 0 Å². The fourth-order valence-electron chi connectivity index (χ4n) is 2.86. The van der Waals surface area contributed by atoms with E-state index in [2.05, 4.69) is 21.4 Å². The zero-order valence-corrected chi connectivity index (χ0v) is 12.1. The second-order valence-corrected chi connectivity index (χ2v) is 5.32. The first-order chi connectivity index (χ1) is 9.28. The number of hydrogen-bond donors (Lipinski definition) is 1. The predicted molar refractivity (Wildman–Crippen MR) is 75.8 cm³/mol. The molecular formula is C14H26N4O. The van der Waals surface area contributed by atoms with E-state index in [-0.39, 0.29) is 0 Å². The Bertz CT molecular complexity index is 379. The molecule has 2 unspecified atom stereocenters. The summed E-state index contributed by atoms with van der Waals surface area (Å²) in [5, 5.41) is 0. The molecule has 2 N–H and O–H groups in total. The fourth-order valence-corrected chi connectivity index (χ4v) is 2.86. The monoisotopic (exact) mass is 266 g/mol. The van der Waals surface area contributed by atoms with Gasteiger partial charge >= 0.3 is 0 Å². The molecule has 19 heavy (non-hydrogen) atoms. The number of piperidine rings is 1. The van der Waals surface area contributed by atoms with Crippen LogP contribution in [0.4, 0.5) is 0 Å². The smallest absolute Gasteiger partial charge is 0.0948 e. The molecule has 1 fully saturated rings. The molecule has 5 heteroatoms. The van der Waals surface area contributed by atoms with Gasteiger partial charge in [0.2, 0.25) is 0 Å². The van der Waals surface area contributed by atoms with Crippen molar-refractivity contribution in [3.05, 3.63) is 18.2 Å². The predicted octanol–water partition coefficient (Wildman–Crippen LogP) is 1.23. The van der Waals surface area contributed by atoms with E-state index < -0.39 is 0 Å². The van der Waals surface area contributed by atoms with Gasteiger partial charge in [-0.1, -0.05) is 6.92 Å². The Morgan fingerprint density at radius 3 is 3.05 bits per heavy atom. The Morgan fingerprint density at radius 1 is 1.53 bits per heavy atom. The van der Waals surface area contributed by atoms with Gasteiger partial charge in [0.25, 0.3) is 0 Å². The number of methoxy groups -OCH3 is 1. The van der Waals surface area contributed by atoms with Crippen molar-refractivity contribution >= 4 is 0 Å². The Hall–Kier alpha value is -0.910. The normalized spacial score (nSPS) is 24.8. The van der Waals surface area contributed by atoms with E-state index in [4.69, 9.17) is 10.5 Å². The van der Waals surface area contributed by atoms with Crippen LogP contribution >= 0.6 is 0 Å². The molecule has 0 amide bonds. The van der Waals surface area contributed by atoms with Crippen molar-refractivity contribution in [2.24, 2.45) is 5.73 Å². The number of aryl methyl sites for hydroxylation is 1. The van der Waals surface area contributed by atoms with Crippen LogP contribution in [0.5, 0.6) is 0 Å². The average Bonchev–Trinajstić information content (AvgIpc) is 2.87. The number of imidazole rings is 1. The van der Waals surface area contributed by atoms with Crippen molar-refractivity contribution in [1.82, 2.24) is 14.5 Å². The lowest BCUT2D eigenvalue weighted by atomic mass is 9.99. The summed E-state index contributed by atoms with van der Waals surface area (Å²) in [4.78, 5) is 6.74. The lowest BCUT2D eigenvalue weighted by molar-refractivity contribution is 0.00942. The van der Waals surface area contributed by atoms with Crippen LogP contribution in [0.1, 0.15) is 31.9 Å². The van der Waals surface area contributed by atoms with Crippen LogP contribution in [0.25, 0.3) is 0 Å². The van der Waals surface area contributed by atoms with Crippen molar-refractivity contribution in [3.63, 3.8) is 0 Å². The van der Waals surface area contributed by atoms with Crippen LogP contribution in [-0.4, -0.2) is 46.8 Å². The van der Waals surface area contributed by atoms with E-state index in [0.717, 1.165) is 38.9 Å². The van der Waals surface area contributed by atoms with Gasteiger partial charge in [-0.05, 0) is 19.3 Å². The number of aromatic nitrogens is 2. The maximum absolute atomic E-state index is 5.92. The van der Waals surface area contributed by atoms with Crippen LogP contribution in [0, 0.1) is 0 Å². The molecule has 1 aromatic rings. The van der Waals surface area contributed by atoms with Gasteiger partial charge in [-0.15, -0.1) is 0 Å². The van der Waals surface area contributed by atoms with Gasteiger partial charge in [0.05, 0.1) is 18.1 Å². The van der Waals surface area contributed by atoms with E-state index in [1.807, 2.05) is 12.5 Å². The van der Waals surface area contributed by atoms with Crippen LogP contribution in [0.15, 0.2) is 12.5 Å². The lowest BCUT2D eigenvalue weighted by Crippen LogP contribution is -2.48. The molecule has 1 aromatic heterocycles. The molecule has 2 rings (SSSR count). The Kier molecular flexibility index (Phi) is 5.36. The topological polar surface area (TPSA) is 56.3 Å².